The monoisotopic (exact) mass is 511 g/mol. The van der Waals surface area contributed by atoms with Crippen LogP contribution in [0.4, 0.5) is 4.79 Å². The van der Waals surface area contributed by atoms with Crippen LogP contribution in [0.25, 0.3) is 11.1 Å². The predicted molar refractivity (Wildman–Crippen MR) is 148 cm³/mol. The molecule has 196 valence electrons. The second kappa shape index (κ2) is 11.4. The van der Waals surface area contributed by atoms with Gasteiger partial charge in [0.2, 0.25) is 0 Å². The first kappa shape index (κ1) is 26.7. The summed E-state index contributed by atoms with van der Waals surface area (Å²) in [6.45, 7) is 9.77. The highest BCUT2D eigenvalue weighted by Crippen LogP contribution is 2.40. The molecule has 0 fully saturated rings. The Kier molecular flexibility index (Phi) is 8.01. The fourth-order valence-corrected chi connectivity index (χ4v) is 4.34. The van der Waals surface area contributed by atoms with Gasteiger partial charge in [-0.05, 0) is 69.5 Å². The summed E-state index contributed by atoms with van der Waals surface area (Å²) in [6.07, 6.45) is 0.0883. The van der Waals surface area contributed by atoms with Crippen molar-refractivity contribution < 1.29 is 23.8 Å². The molecule has 0 bridgehead atoms. The fraction of sp³-hybridized carbons (Fsp3) is 0.250. The number of aromatic nitrogens is 1. The lowest BCUT2D eigenvalue weighted by Gasteiger charge is -2.20. The highest BCUT2D eigenvalue weighted by molar-refractivity contribution is 5.92. The number of carbonyl (C=O) groups is 2. The summed E-state index contributed by atoms with van der Waals surface area (Å²) >= 11 is 0. The molecule has 0 spiro atoms. The number of benzene rings is 3. The van der Waals surface area contributed by atoms with Crippen LogP contribution in [0.15, 0.2) is 78.9 Å². The lowest BCUT2D eigenvalue weighted by molar-refractivity contribution is 0.0528. The van der Waals surface area contributed by atoms with Crippen LogP contribution in [-0.2, 0) is 18.0 Å². The van der Waals surface area contributed by atoms with Gasteiger partial charge in [-0.3, -0.25) is 4.79 Å². The van der Waals surface area contributed by atoms with Crippen LogP contribution in [0.3, 0.4) is 0 Å². The largest absolute Gasteiger partial charge is 0.489 e. The number of carbonyl (C=O) groups excluding carboxylic acids is 2. The predicted octanol–water partition coefficient (Wildman–Crippen LogP) is 7.53. The molecule has 0 N–H and O–H groups in total. The summed E-state index contributed by atoms with van der Waals surface area (Å²) in [5, 5.41) is 0. The average molecular weight is 512 g/mol. The lowest BCUT2D eigenvalue weighted by Crippen LogP contribution is -2.28. The van der Waals surface area contributed by atoms with Gasteiger partial charge in [0, 0.05) is 16.8 Å². The van der Waals surface area contributed by atoms with Gasteiger partial charge in [0.15, 0.2) is 6.29 Å². The maximum atomic E-state index is 13.1. The molecule has 4 aromatic rings. The molecule has 0 unspecified atom stereocenters. The maximum Gasteiger partial charge on any atom is 0.419 e. The average Bonchev–Trinajstić information content (AvgIpc) is 3.15. The Morgan fingerprint density at radius 2 is 1.42 bits per heavy atom. The van der Waals surface area contributed by atoms with E-state index in [0.717, 1.165) is 22.3 Å². The zero-order valence-corrected chi connectivity index (χ0v) is 22.5. The van der Waals surface area contributed by atoms with Gasteiger partial charge in [-0.15, -0.1) is 0 Å². The molecule has 0 saturated heterocycles. The number of ether oxygens (including phenoxy) is 3. The van der Waals surface area contributed by atoms with E-state index < -0.39 is 11.7 Å². The molecular weight excluding hydrogens is 478 g/mol. The van der Waals surface area contributed by atoms with E-state index in [9.17, 15) is 9.59 Å². The highest BCUT2D eigenvalue weighted by atomic mass is 16.6. The van der Waals surface area contributed by atoms with Gasteiger partial charge in [0.25, 0.3) is 0 Å². The second-order valence-electron chi connectivity index (χ2n) is 10.1. The SMILES string of the molecule is Cc1c(-c2cc(OCc3ccccc3)ccc2OCc2ccccc2)c(C)n(C(=O)OC(C)(C)C)c1C=O. The molecular formula is C32H33NO5. The van der Waals surface area contributed by atoms with Crippen molar-refractivity contribution in [2.24, 2.45) is 0 Å². The summed E-state index contributed by atoms with van der Waals surface area (Å²) in [5.74, 6) is 1.26. The molecule has 0 aliphatic rings. The summed E-state index contributed by atoms with van der Waals surface area (Å²) in [5.41, 5.74) is 4.31. The molecule has 0 radical (unpaired) electrons. The number of rotatable bonds is 8. The Morgan fingerprint density at radius 1 is 0.842 bits per heavy atom. The van der Waals surface area contributed by atoms with Gasteiger partial charge in [-0.2, -0.15) is 0 Å². The van der Waals surface area contributed by atoms with Gasteiger partial charge < -0.3 is 14.2 Å². The van der Waals surface area contributed by atoms with Crippen LogP contribution in [0.2, 0.25) is 0 Å². The van der Waals surface area contributed by atoms with Crippen LogP contribution >= 0.6 is 0 Å². The molecule has 38 heavy (non-hydrogen) atoms. The quantitative estimate of drug-likeness (QED) is 0.229. The van der Waals surface area contributed by atoms with Crippen molar-refractivity contribution in [1.29, 1.82) is 0 Å². The summed E-state index contributed by atoms with van der Waals surface area (Å²) in [6, 6.07) is 25.4. The molecule has 1 aromatic heterocycles. The Morgan fingerprint density at radius 3 is 1.97 bits per heavy atom. The first-order chi connectivity index (χ1) is 18.2. The van der Waals surface area contributed by atoms with E-state index in [-0.39, 0.29) is 5.69 Å². The zero-order valence-electron chi connectivity index (χ0n) is 22.5. The van der Waals surface area contributed by atoms with Crippen LogP contribution < -0.4 is 9.47 Å². The maximum absolute atomic E-state index is 13.1. The first-order valence-electron chi connectivity index (χ1n) is 12.6. The number of hydrogen-bond acceptors (Lipinski definition) is 5. The van der Waals surface area contributed by atoms with E-state index in [4.69, 9.17) is 14.2 Å². The number of aldehydes is 1. The van der Waals surface area contributed by atoms with Crippen molar-refractivity contribution in [3.63, 3.8) is 0 Å². The highest BCUT2D eigenvalue weighted by Gasteiger charge is 2.28. The molecule has 0 atom stereocenters. The third-order valence-electron chi connectivity index (χ3n) is 6.09. The van der Waals surface area contributed by atoms with E-state index >= 15 is 0 Å². The van der Waals surface area contributed by atoms with Gasteiger partial charge in [-0.25, -0.2) is 9.36 Å². The van der Waals surface area contributed by atoms with Crippen molar-refractivity contribution in [3.8, 4) is 22.6 Å². The molecule has 1 heterocycles. The van der Waals surface area contributed by atoms with Crippen molar-refractivity contribution >= 4 is 12.4 Å². The Bertz CT molecular complexity index is 1420. The minimum Gasteiger partial charge on any atom is -0.489 e. The van der Waals surface area contributed by atoms with E-state index in [2.05, 4.69) is 0 Å². The van der Waals surface area contributed by atoms with E-state index in [0.29, 0.717) is 42.3 Å². The van der Waals surface area contributed by atoms with E-state index in [1.807, 2.05) is 85.8 Å². The first-order valence-corrected chi connectivity index (χ1v) is 12.6. The minimum absolute atomic E-state index is 0.247. The van der Waals surface area contributed by atoms with Crippen molar-refractivity contribution in [3.05, 3.63) is 107 Å². The van der Waals surface area contributed by atoms with Crippen LogP contribution in [-0.4, -0.2) is 22.5 Å². The Hall–Kier alpha value is -4.32. The molecule has 4 rings (SSSR count). The van der Waals surface area contributed by atoms with Crippen LogP contribution in [0, 0.1) is 13.8 Å². The lowest BCUT2D eigenvalue weighted by atomic mass is 10.00. The molecule has 0 aliphatic heterocycles. The van der Waals surface area contributed by atoms with Crippen LogP contribution in [0.5, 0.6) is 11.5 Å². The topological polar surface area (TPSA) is 66.8 Å². The second-order valence-corrected chi connectivity index (χ2v) is 10.1. The molecule has 6 nitrogen and oxygen atoms in total. The van der Waals surface area contributed by atoms with Gasteiger partial charge in [0.05, 0.1) is 5.69 Å². The van der Waals surface area contributed by atoms with Crippen molar-refractivity contribution in [2.75, 3.05) is 0 Å². The van der Waals surface area contributed by atoms with E-state index in [1.54, 1.807) is 27.7 Å². The van der Waals surface area contributed by atoms with Crippen molar-refractivity contribution in [2.45, 2.75) is 53.4 Å². The van der Waals surface area contributed by atoms with Gasteiger partial charge in [0.1, 0.15) is 30.3 Å². The summed E-state index contributed by atoms with van der Waals surface area (Å²) in [4.78, 5) is 25.3. The normalized spacial score (nSPS) is 11.2. The smallest absolute Gasteiger partial charge is 0.419 e. The Balaban J connectivity index is 1.77. The molecule has 0 amide bonds. The number of nitrogens with zero attached hydrogens (tertiary/aromatic N) is 1. The third-order valence-corrected chi connectivity index (χ3v) is 6.09. The summed E-state index contributed by atoms with van der Waals surface area (Å²) in [7, 11) is 0. The minimum atomic E-state index is -0.711. The zero-order chi connectivity index (χ0) is 27.3. The number of hydrogen-bond donors (Lipinski definition) is 0. The third kappa shape index (κ3) is 6.14. The van der Waals surface area contributed by atoms with Crippen LogP contribution in [0.1, 0.15) is 53.6 Å². The molecule has 0 aliphatic carbocycles. The van der Waals surface area contributed by atoms with Crippen molar-refractivity contribution in [1.82, 2.24) is 4.57 Å². The van der Waals surface area contributed by atoms with E-state index in [1.165, 1.54) is 4.57 Å². The molecule has 6 heteroatoms. The molecule has 3 aromatic carbocycles. The standard InChI is InChI=1S/C32H33NO5/c1-22-28(19-34)33(31(35)38-32(3,4)5)23(2)30(22)27-18-26(36-20-24-12-8-6-9-13-24)16-17-29(27)37-21-25-14-10-7-11-15-25/h6-19H,20-21H2,1-5H3. The Labute approximate surface area is 223 Å². The summed E-state index contributed by atoms with van der Waals surface area (Å²) < 4.78 is 19.3. The molecule has 0 saturated carbocycles. The fourth-order valence-electron chi connectivity index (χ4n) is 4.34. The van der Waals surface area contributed by atoms with Gasteiger partial charge in [-0.1, -0.05) is 60.7 Å². The van der Waals surface area contributed by atoms with Gasteiger partial charge >= 0.3 is 6.09 Å².